The molecule has 1 aromatic rings. The fourth-order valence-corrected chi connectivity index (χ4v) is 3.38. The molecule has 0 fully saturated rings. The lowest BCUT2D eigenvalue weighted by Gasteiger charge is -2.15. The van der Waals surface area contributed by atoms with Crippen LogP contribution in [0.5, 0.6) is 0 Å². The largest absolute Gasteiger partial charge is 0.377 e. The van der Waals surface area contributed by atoms with Crippen LogP contribution in [0.15, 0.2) is 23.1 Å². The second-order valence-corrected chi connectivity index (χ2v) is 6.42. The van der Waals surface area contributed by atoms with E-state index in [4.69, 9.17) is 4.74 Å². The molecule has 1 unspecified atom stereocenters. The van der Waals surface area contributed by atoms with Gasteiger partial charge >= 0.3 is 0 Å². The second-order valence-electron chi connectivity index (χ2n) is 4.69. The Labute approximate surface area is 121 Å². The van der Waals surface area contributed by atoms with E-state index in [0.29, 0.717) is 18.0 Å². The van der Waals surface area contributed by atoms with E-state index < -0.39 is 10.0 Å². The molecule has 0 aliphatic heterocycles. The highest BCUT2D eigenvalue weighted by molar-refractivity contribution is 7.89. The van der Waals surface area contributed by atoms with E-state index >= 15 is 0 Å². The molecule has 6 heteroatoms. The first-order chi connectivity index (χ1) is 9.42. The van der Waals surface area contributed by atoms with Gasteiger partial charge in [-0.25, -0.2) is 13.1 Å². The van der Waals surface area contributed by atoms with Crippen molar-refractivity contribution in [3.63, 3.8) is 0 Å². The summed E-state index contributed by atoms with van der Waals surface area (Å²) in [5.74, 6) is 0. The molecule has 0 heterocycles. The van der Waals surface area contributed by atoms with Crippen molar-refractivity contribution >= 4 is 10.0 Å². The van der Waals surface area contributed by atoms with Gasteiger partial charge in [0.2, 0.25) is 10.0 Å². The minimum atomic E-state index is -3.50. The lowest BCUT2D eigenvalue weighted by atomic mass is 10.1. The number of benzene rings is 1. The van der Waals surface area contributed by atoms with Crippen LogP contribution in [0.1, 0.15) is 25.0 Å². The van der Waals surface area contributed by atoms with Crippen LogP contribution in [0.3, 0.4) is 0 Å². The molecule has 0 aliphatic carbocycles. The van der Waals surface area contributed by atoms with Crippen LogP contribution in [0.4, 0.5) is 0 Å². The van der Waals surface area contributed by atoms with E-state index in [0.717, 1.165) is 11.1 Å². The number of nitrogens with one attached hydrogen (secondary N) is 2. The highest BCUT2D eigenvalue weighted by Crippen LogP contribution is 2.18. The molecule has 114 valence electrons. The molecule has 0 spiro atoms. The van der Waals surface area contributed by atoms with Crippen molar-refractivity contribution in [2.24, 2.45) is 0 Å². The Morgan fingerprint density at radius 1 is 1.35 bits per heavy atom. The topological polar surface area (TPSA) is 67.4 Å². The monoisotopic (exact) mass is 300 g/mol. The predicted octanol–water partition coefficient (Wildman–Crippen LogP) is 1.42. The van der Waals surface area contributed by atoms with E-state index in [9.17, 15) is 8.42 Å². The Morgan fingerprint density at radius 2 is 2.05 bits per heavy atom. The molecule has 1 atom stereocenters. The van der Waals surface area contributed by atoms with Gasteiger partial charge in [-0.3, -0.25) is 0 Å². The molecule has 0 aromatic heterocycles. The number of rotatable bonds is 8. The van der Waals surface area contributed by atoms with Gasteiger partial charge in [-0.05, 0) is 45.0 Å². The van der Waals surface area contributed by atoms with Crippen molar-refractivity contribution in [2.75, 3.05) is 20.2 Å². The van der Waals surface area contributed by atoms with Gasteiger partial charge in [0, 0.05) is 19.7 Å². The third-order valence-corrected chi connectivity index (χ3v) is 4.63. The first-order valence-electron chi connectivity index (χ1n) is 6.76. The molecule has 20 heavy (non-hydrogen) atoms. The highest BCUT2D eigenvalue weighted by atomic mass is 32.2. The molecule has 0 bridgehead atoms. The fourth-order valence-electron chi connectivity index (χ4n) is 1.98. The highest BCUT2D eigenvalue weighted by Gasteiger charge is 2.18. The average molecular weight is 300 g/mol. The first-order valence-corrected chi connectivity index (χ1v) is 8.25. The average Bonchev–Trinajstić information content (AvgIpc) is 2.39. The quantitative estimate of drug-likeness (QED) is 0.762. The van der Waals surface area contributed by atoms with E-state index in [2.05, 4.69) is 10.0 Å². The molecule has 1 rings (SSSR count). The minimum absolute atomic E-state index is 0.143. The van der Waals surface area contributed by atoms with Crippen molar-refractivity contribution < 1.29 is 13.2 Å². The van der Waals surface area contributed by atoms with Crippen LogP contribution < -0.4 is 10.0 Å². The van der Waals surface area contributed by atoms with Gasteiger partial charge in [-0.15, -0.1) is 0 Å². The lowest BCUT2D eigenvalue weighted by molar-refractivity contribution is 0.0799. The van der Waals surface area contributed by atoms with Gasteiger partial charge in [0.25, 0.3) is 0 Å². The molecule has 2 N–H and O–H groups in total. The summed E-state index contributed by atoms with van der Waals surface area (Å²) in [5, 5.41) is 3.04. The Hall–Kier alpha value is -0.950. The van der Waals surface area contributed by atoms with E-state index in [1.807, 2.05) is 33.9 Å². The van der Waals surface area contributed by atoms with Gasteiger partial charge in [0.15, 0.2) is 0 Å². The van der Waals surface area contributed by atoms with Gasteiger partial charge < -0.3 is 10.1 Å². The summed E-state index contributed by atoms with van der Waals surface area (Å²) >= 11 is 0. The zero-order valence-electron chi connectivity index (χ0n) is 12.6. The summed E-state index contributed by atoms with van der Waals surface area (Å²) in [6.45, 7) is 7.04. The second kappa shape index (κ2) is 7.73. The molecule has 1 aromatic carbocycles. The molecule has 0 aliphatic rings. The predicted molar refractivity (Wildman–Crippen MR) is 80.2 cm³/mol. The van der Waals surface area contributed by atoms with E-state index in [-0.39, 0.29) is 12.6 Å². The van der Waals surface area contributed by atoms with Gasteiger partial charge in [0.05, 0.1) is 11.0 Å². The summed E-state index contributed by atoms with van der Waals surface area (Å²) in [4.78, 5) is 0.328. The number of hydrogen-bond acceptors (Lipinski definition) is 4. The Balaban J connectivity index is 2.90. The minimum Gasteiger partial charge on any atom is -0.377 e. The van der Waals surface area contributed by atoms with Crippen LogP contribution in [0.2, 0.25) is 0 Å². The normalized spacial score (nSPS) is 13.4. The van der Waals surface area contributed by atoms with Crippen molar-refractivity contribution in [3.05, 3.63) is 29.3 Å². The number of sulfonamides is 1. The van der Waals surface area contributed by atoms with Gasteiger partial charge in [-0.2, -0.15) is 0 Å². The van der Waals surface area contributed by atoms with Crippen molar-refractivity contribution in [3.8, 4) is 0 Å². The lowest BCUT2D eigenvalue weighted by Crippen LogP contribution is -2.32. The smallest absolute Gasteiger partial charge is 0.240 e. The van der Waals surface area contributed by atoms with Crippen LogP contribution in [-0.2, 0) is 21.3 Å². The number of ether oxygens (including phenoxy) is 1. The fraction of sp³-hybridized carbons (Fsp3) is 0.571. The SMILES string of the molecule is CCOC(C)CNS(=O)(=O)c1cccc(CNC)c1C. The standard InChI is InChI=1S/C14H24N2O3S/c1-5-19-11(2)9-16-20(17,18)14-8-6-7-13(10-15-4)12(14)3/h6-8,11,15-16H,5,9-10H2,1-4H3. The number of hydrogen-bond donors (Lipinski definition) is 2. The van der Waals surface area contributed by atoms with Gasteiger partial charge in [0.1, 0.15) is 0 Å². The van der Waals surface area contributed by atoms with Crippen molar-refractivity contribution in [1.82, 2.24) is 10.0 Å². The van der Waals surface area contributed by atoms with Crippen molar-refractivity contribution in [2.45, 2.75) is 38.3 Å². The van der Waals surface area contributed by atoms with Crippen LogP contribution >= 0.6 is 0 Å². The molecule has 0 radical (unpaired) electrons. The Kier molecular flexibility index (Phi) is 6.61. The Bertz CT molecular complexity index is 529. The van der Waals surface area contributed by atoms with E-state index in [1.54, 1.807) is 12.1 Å². The summed E-state index contributed by atoms with van der Waals surface area (Å²) in [5.41, 5.74) is 1.76. The molecule has 0 saturated carbocycles. The summed E-state index contributed by atoms with van der Waals surface area (Å²) < 4.78 is 32.6. The van der Waals surface area contributed by atoms with Crippen molar-refractivity contribution in [1.29, 1.82) is 0 Å². The third kappa shape index (κ3) is 4.56. The van der Waals surface area contributed by atoms with E-state index in [1.165, 1.54) is 0 Å². The summed E-state index contributed by atoms with van der Waals surface area (Å²) in [6.07, 6.45) is -0.143. The maximum atomic E-state index is 12.3. The zero-order valence-corrected chi connectivity index (χ0v) is 13.4. The summed E-state index contributed by atoms with van der Waals surface area (Å²) in [7, 11) is -1.67. The molecular formula is C14H24N2O3S. The van der Waals surface area contributed by atoms with Crippen LogP contribution in [0, 0.1) is 6.92 Å². The first kappa shape index (κ1) is 17.1. The maximum absolute atomic E-state index is 12.3. The third-order valence-electron chi connectivity index (χ3n) is 3.07. The zero-order chi connectivity index (χ0) is 15.2. The summed E-state index contributed by atoms with van der Waals surface area (Å²) in [6, 6.07) is 5.32. The van der Waals surface area contributed by atoms with Crippen LogP contribution in [0.25, 0.3) is 0 Å². The Morgan fingerprint density at radius 3 is 2.65 bits per heavy atom. The van der Waals surface area contributed by atoms with Crippen LogP contribution in [-0.4, -0.2) is 34.7 Å². The molecule has 0 amide bonds. The maximum Gasteiger partial charge on any atom is 0.240 e. The molecule has 0 saturated heterocycles. The van der Waals surface area contributed by atoms with Gasteiger partial charge in [-0.1, -0.05) is 12.1 Å². The molecule has 5 nitrogen and oxygen atoms in total. The molecular weight excluding hydrogens is 276 g/mol.